The van der Waals surface area contributed by atoms with Crippen LogP contribution in [0.4, 0.5) is 0 Å². The van der Waals surface area contributed by atoms with E-state index in [9.17, 15) is 4.79 Å². The number of amides is 1. The highest BCUT2D eigenvalue weighted by atomic mass is 35.5. The number of aromatic nitrogens is 4. The van der Waals surface area contributed by atoms with E-state index >= 15 is 0 Å². The number of methoxy groups -OCH3 is 1. The van der Waals surface area contributed by atoms with E-state index in [0.29, 0.717) is 27.5 Å². The normalized spacial score (nSPS) is 10.8. The molecule has 0 fully saturated rings. The Bertz CT molecular complexity index is 1030. The van der Waals surface area contributed by atoms with Gasteiger partial charge in [-0.25, -0.2) is 0 Å². The molecule has 10 heteroatoms. The second kappa shape index (κ2) is 9.47. The molecule has 7 nitrogen and oxygen atoms in total. The van der Waals surface area contributed by atoms with Crippen LogP contribution in [0, 0.1) is 6.92 Å². The van der Waals surface area contributed by atoms with E-state index in [1.54, 1.807) is 35.9 Å². The Balaban J connectivity index is 1.68. The van der Waals surface area contributed by atoms with Crippen LogP contribution in [0.25, 0.3) is 5.69 Å². The average molecular weight is 452 g/mol. The lowest BCUT2D eigenvalue weighted by atomic mass is 10.2. The molecule has 2 aromatic carbocycles. The van der Waals surface area contributed by atoms with Gasteiger partial charge in [-0.15, -0.1) is 5.10 Å². The minimum absolute atomic E-state index is 0.0631. The smallest absolute Gasteiger partial charge is 0.233 e. The standard InChI is InChI=1S/C19H19Cl2N5O2S/c1-12-4-7-17(28-3)16(8-12)26-19(22-23-24-26)29-11-18(27)25(2)10-13-5-6-14(20)15(21)9-13/h4-9H,10-11H2,1-3H3. The number of nitrogens with zero attached hydrogens (tertiary/aromatic N) is 5. The van der Waals surface area contributed by atoms with Gasteiger partial charge >= 0.3 is 0 Å². The summed E-state index contributed by atoms with van der Waals surface area (Å²) in [5.41, 5.74) is 2.66. The van der Waals surface area contributed by atoms with Crippen molar-refractivity contribution in [2.45, 2.75) is 18.6 Å². The number of rotatable bonds is 7. The van der Waals surface area contributed by atoms with Gasteiger partial charge < -0.3 is 9.64 Å². The summed E-state index contributed by atoms with van der Waals surface area (Å²) in [6.07, 6.45) is 0. The number of tetrazole rings is 1. The first kappa shape index (κ1) is 21.4. The van der Waals surface area contributed by atoms with Crippen LogP contribution >= 0.6 is 35.0 Å². The molecule has 29 heavy (non-hydrogen) atoms. The molecule has 1 amide bonds. The number of benzene rings is 2. The minimum Gasteiger partial charge on any atom is -0.494 e. The summed E-state index contributed by atoms with van der Waals surface area (Å²) in [5.74, 6) is 0.770. The molecule has 1 aromatic heterocycles. The second-order valence-corrected chi connectivity index (χ2v) is 8.09. The Kier molecular flexibility index (Phi) is 7.00. The van der Waals surface area contributed by atoms with Gasteiger partial charge in [0.2, 0.25) is 11.1 Å². The Morgan fingerprint density at radius 1 is 1.21 bits per heavy atom. The van der Waals surface area contributed by atoms with E-state index < -0.39 is 0 Å². The summed E-state index contributed by atoms with van der Waals surface area (Å²) in [5, 5.41) is 13.3. The van der Waals surface area contributed by atoms with Crippen LogP contribution in [-0.4, -0.2) is 50.9 Å². The number of carbonyl (C=O) groups is 1. The van der Waals surface area contributed by atoms with E-state index in [1.807, 2.05) is 31.2 Å². The summed E-state index contributed by atoms with van der Waals surface area (Å²) in [6, 6.07) is 11.0. The molecule has 0 atom stereocenters. The number of thioether (sulfide) groups is 1. The van der Waals surface area contributed by atoms with E-state index in [2.05, 4.69) is 15.5 Å². The van der Waals surface area contributed by atoms with Crippen molar-refractivity contribution in [3.63, 3.8) is 0 Å². The Morgan fingerprint density at radius 2 is 2.00 bits per heavy atom. The molecule has 0 aliphatic rings. The van der Waals surface area contributed by atoms with Gasteiger partial charge in [-0.3, -0.25) is 4.79 Å². The van der Waals surface area contributed by atoms with Gasteiger partial charge in [-0.05, 0) is 52.7 Å². The monoisotopic (exact) mass is 451 g/mol. The highest BCUT2D eigenvalue weighted by molar-refractivity contribution is 7.99. The predicted molar refractivity (Wildman–Crippen MR) is 114 cm³/mol. The quantitative estimate of drug-likeness (QED) is 0.504. The molecule has 0 N–H and O–H groups in total. The van der Waals surface area contributed by atoms with E-state index in [1.165, 1.54) is 11.8 Å². The van der Waals surface area contributed by atoms with Crippen LogP contribution in [0.1, 0.15) is 11.1 Å². The molecule has 1 heterocycles. The van der Waals surface area contributed by atoms with Crippen molar-refractivity contribution >= 4 is 40.9 Å². The second-order valence-electron chi connectivity index (χ2n) is 6.34. The molecule has 0 saturated carbocycles. The topological polar surface area (TPSA) is 73.1 Å². The molecule has 0 radical (unpaired) electrons. The summed E-state index contributed by atoms with van der Waals surface area (Å²) >= 11 is 13.2. The maximum absolute atomic E-state index is 12.6. The molecular formula is C19H19Cl2N5O2S. The molecule has 0 aliphatic heterocycles. The first-order chi connectivity index (χ1) is 13.9. The molecule has 3 rings (SSSR count). The van der Waals surface area contributed by atoms with Gasteiger partial charge in [0.05, 0.1) is 22.9 Å². The van der Waals surface area contributed by atoms with E-state index in [4.69, 9.17) is 27.9 Å². The fourth-order valence-electron chi connectivity index (χ4n) is 2.62. The fourth-order valence-corrected chi connectivity index (χ4v) is 3.77. The van der Waals surface area contributed by atoms with Crippen molar-refractivity contribution in [3.8, 4) is 11.4 Å². The third-order valence-corrected chi connectivity index (χ3v) is 5.80. The largest absolute Gasteiger partial charge is 0.494 e. The molecule has 152 valence electrons. The zero-order valence-corrected chi connectivity index (χ0v) is 18.4. The first-order valence-electron chi connectivity index (χ1n) is 8.63. The minimum atomic E-state index is -0.0631. The van der Waals surface area contributed by atoms with E-state index in [0.717, 1.165) is 16.8 Å². The third-order valence-electron chi connectivity index (χ3n) is 4.16. The maximum Gasteiger partial charge on any atom is 0.233 e. The molecule has 0 aliphatic carbocycles. The number of hydrogen-bond acceptors (Lipinski definition) is 6. The molecule has 0 unspecified atom stereocenters. The third kappa shape index (κ3) is 5.20. The lowest BCUT2D eigenvalue weighted by molar-refractivity contribution is -0.127. The van der Waals surface area contributed by atoms with Crippen LogP contribution in [0.2, 0.25) is 10.0 Å². The Hall–Kier alpha value is -2.29. The van der Waals surface area contributed by atoms with Crippen molar-refractivity contribution in [1.29, 1.82) is 0 Å². The molecule has 0 saturated heterocycles. The Morgan fingerprint density at radius 3 is 2.72 bits per heavy atom. The maximum atomic E-state index is 12.6. The van der Waals surface area contributed by atoms with Crippen LogP contribution in [0.5, 0.6) is 5.75 Å². The van der Waals surface area contributed by atoms with Gasteiger partial charge in [0.15, 0.2) is 0 Å². The molecule has 0 bridgehead atoms. The van der Waals surface area contributed by atoms with Crippen molar-refractivity contribution in [1.82, 2.24) is 25.1 Å². The lowest BCUT2D eigenvalue weighted by Crippen LogP contribution is -2.27. The van der Waals surface area contributed by atoms with Crippen LogP contribution in [0.3, 0.4) is 0 Å². The first-order valence-corrected chi connectivity index (χ1v) is 10.4. The summed E-state index contributed by atoms with van der Waals surface area (Å²) in [7, 11) is 3.32. The van der Waals surface area contributed by atoms with Crippen LogP contribution in [-0.2, 0) is 11.3 Å². The SMILES string of the molecule is COc1ccc(C)cc1-n1nnnc1SCC(=O)N(C)Cc1ccc(Cl)c(Cl)c1. The van der Waals surface area contributed by atoms with Gasteiger partial charge in [-0.1, -0.05) is 47.1 Å². The fraction of sp³-hybridized carbons (Fsp3) is 0.263. The number of halogens is 2. The van der Waals surface area contributed by atoms with Gasteiger partial charge in [0.1, 0.15) is 11.4 Å². The predicted octanol–water partition coefficient (Wildman–Crippen LogP) is 4.04. The number of hydrogen-bond donors (Lipinski definition) is 0. The van der Waals surface area contributed by atoms with Crippen LogP contribution in [0.15, 0.2) is 41.6 Å². The number of ether oxygens (including phenoxy) is 1. The zero-order chi connectivity index (χ0) is 21.0. The summed E-state index contributed by atoms with van der Waals surface area (Å²) < 4.78 is 6.98. The Labute approximate surface area is 182 Å². The highest BCUT2D eigenvalue weighted by Crippen LogP contribution is 2.27. The van der Waals surface area contributed by atoms with E-state index in [-0.39, 0.29) is 11.7 Å². The van der Waals surface area contributed by atoms with Crippen molar-refractivity contribution in [2.75, 3.05) is 19.9 Å². The van der Waals surface area contributed by atoms with Crippen molar-refractivity contribution < 1.29 is 9.53 Å². The van der Waals surface area contributed by atoms with Crippen molar-refractivity contribution in [2.24, 2.45) is 0 Å². The van der Waals surface area contributed by atoms with Crippen LogP contribution < -0.4 is 4.74 Å². The highest BCUT2D eigenvalue weighted by Gasteiger charge is 2.17. The molecular weight excluding hydrogens is 433 g/mol. The molecule has 0 spiro atoms. The summed E-state index contributed by atoms with van der Waals surface area (Å²) in [4.78, 5) is 14.2. The van der Waals surface area contributed by atoms with Gasteiger partial charge in [0.25, 0.3) is 0 Å². The van der Waals surface area contributed by atoms with Gasteiger partial charge in [-0.2, -0.15) is 4.68 Å². The lowest BCUT2D eigenvalue weighted by Gasteiger charge is -2.17. The average Bonchev–Trinajstić information content (AvgIpc) is 3.17. The van der Waals surface area contributed by atoms with Crippen molar-refractivity contribution in [3.05, 3.63) is 57.6 Å². The van der Waals surface area contributed by atoms with Gasteiger partial charge in [0, 0.05) is 13.6 Å². The number of carbonyl (C=O) groups excluding carboxylic acids is 1. The zero-order valence-electron chi connectivity index (χ0n) is 16.1. The molecule has 3 aromatic rings. The summed E-state index contributed by atoms with van der Waals surface area (Å²) in [6.45, 7) is 2.40. The number of aryl methyl sites for hydroxylation is 1.